The molecule has 1 fully saturated rings. The lowest BCUT2D eigenvalue weighted by atomic mass is 9.87. The van der Waals surface area contributed by atoms with Crippen LogP contribution in [-0.2, 0) is 4.79 Å². The molecular weight excluding hydrogens is 246 g/mol. The van der Waals surface area contributed by atoms with Crippen molar-refractivity contribution in [3.63, 3.8) is 0 Å². The second kappa shape index (κ2) is 6.75. The maximum absolute atomic E-state index is 11.6. The molecule has 1 aliphatic rings. The first-order valence-corrected chi connectivity index (χ1v) is 6.81. The molecule has 0 bridgehead atoms. The van der Waals surface area contributed by atoms with Crippen LogP contribution >= 0.6 is 0 Å². The van der Waals surface area contributed by atoms with Crippen molar-refractivity contribution in [1.29, 1.82) is 0 Å². The molecule has 1 atom stereocenters. The Balaban J connectivity index is 2.18. The van der Waals surface area contributed by atoms with E-state index in [4.69, 9.17) is 5.11 Å². The van der Waals surface area contributed by atoms with Gasteiger partial charge in [0.15, 0.2) is 0 Å². The largest absolute Gasteiger partial charge is 0.480 e. The number of carbonyl (C=O) groups excluding carboxylic acids is 1. The van der Waals surface area contributed by atoms with E-state index in [-0.39, 0.29) is 0 Å². The highest BCUT2D eigenvalue weighted by Crippen LogP contribution is 2.19. The summed E-state index contributed by atoms with van der Waals surface area (Å²) in [5.41, 5.74) is -0.517. The molecule has 0 aromatic carbocycles. The van der Waals surface area contributed by atoms with E-state index in [0.717, 1.165) is 13.0 Å². The summed E-state index contributed by atoms with van der Waals surface area (Å²) in [5.74, 6) is -1.02. The Morgan fingerprint density at radius 2 is 1.89 bits per heavy atom. The highest BCUT2D eigenvalue weighted by atomic mass is 16.4. The van der Waals surface area contributed by atoms with Gasteiger partial charge in [0.2, 0.25) is 0 Å². The SMILES string of the molecule is CC(C)(C)C(NC(=O)NCCCNC1CC1)C(=O)O. The zero-order valence-electron chi connectivity index (χ0n) is 12.0. The van der Waals surface area contributed by atoms with Crippen molar-refractivity contribution in [1.82, 2.24) is 16.0 Å². The first kappa shape index (κ1) is 15.8. The molecule has 19 heavy (non-hydrogen) atoms. The fourth-order valence-corrected chi connectivity index (χ4v) is 1.71. The minimum absolute atomic E-state index is 0.422. The van der Waals surface area contributed by atoms with Crippen molar-refractivity contribution < 1.29 is 14.7 Å². The first-order valence-electron chi connectivity index (χ1n) is 6.81. The number of hydrogen-bond acceptors (Lipinski definition) is 3. The molecule has 6 heteroatoms. The van der Waals surface area contributed by atoms with Gasteiger partial charge in [-0.1, -0.05) is 20.8 Å². The van der Waals surface area contributed by atoms with E-state index in [1.54, 1.807) is 20.8 Å². The number of hydrogen-bond donors (Lipinski definition) is 4. The number of carbonyl (C=O) groups is 2. The van der Waals surface area contributed by atoms with E-state index >= 15 is 0 Å². The van der Waals surface area contributed by atoms with Crippen LogP contribution in [0.5, 0.6) is 0 Å². The molecule has 0 spiro atoms. The molecule has 0 aromatic heterocycles. The Bertz CT molecular complexity index is 322. The lowest BCUT2D eigenvalue weighted by Gasteiger charge is -2.27. The molecule has 110 valence electrons. The average molecular weight is 271 g/mol. The van der Waals surface area contributed by atoms with E-state index in [9.17, 15) is 9.59 Å². The lowest BCUT2D eigenvalue weighted by molar-refractivity contribution is -0.141. The van der Waals surface area contributed by atoms with Crippen LogP contribution in [-0.4, -0.2) is 42.3 Å². The van der Waals surface area contributed by atoms with Gasteiger partial charge < -0.3 is 21.1 Å². The third kappa shape index (κ3) is 6.42. The van der Waals surface area contributed by atoms with Gasteiger partial charge in [0.05, 0.1) is 0 Å². The molecule has 1 unspecified atom stereocenters. The number of aliphatic carboxylic acids is 1. The Hall–Kier alpha value is -1.30. The van der Waals surface area contributed by atoms with Crippen LogP contribution < -0.4 is 16.0 Å². The summed E-state index contributed by atoms with van der Waals surface area (Å²) < 4.78 is 0. The van der Waals surface area contributed by atoms with Crippen molar-refractivity contribution in [2.45, 2.75) is 52.1 Å². The number of amides is 2. The Morgan fingerprint density at radius 1 is 1.26 bits per heavy atom. The fraction of sp³-hybridized carbons (Fsp3) is 0.846. The third-order valence-corrected chi connectivity index (χ3v) is 3.04. The Morgan fingerprint density at radius 3 is 2.37 bits per heavy atom. The summed E-state index contributed by atoms with van der Waals surface area (Å²) in [6.45, 7) is 6.78. The molecule has 0 aliphatic heterocycles. The smallest absolute Gasteiger partial charge is 0.326 e. The molecule has 0 saturated heterocycles. The van der Waals surface area contributed by atoms with Gasteiger partial charge in [-0.15, -0.1) is 0 Å². The summed E-state index contributed by atoms with van der Waals surface area (Å²) in [6.07, 6.45) is 3.34. The van der Waals surface area contributed by atoms with Crippen molar-refractivity contribution in [3.8, 4) is 0 Å². The van der Waals surface area contributed by atoms with Crippen LogP contribution in [0.15, 0.2) is 0 Å². The zero-order chi connectivity index (χ0) is 14.5. The maximum atomic E-state index is 11.6. The summed E-state index contributed by atoms with van der Waals surface area (Å²) in [4.78, 5) is 22.7. The molecule has 4 N–H and O–H groups in total. The quantitative estimate of drug-likeness (QED) is 0.518. The number of carboxylic acid groups (broad SMARTS) is 1. The van der Waals surface area contributed by atoms with Gasteiger partial charge in [0, 0.05) is 12.6 Å². The molecule has 1 rings (SSSR count). The van der Waals surface area contributed by atoms with Crippen LogP contribution in [0, 0.1) is 5.41 Å². The molecule has 6 nitrogen and oxygen atoms in total. The predicted octanol–water partition coefficient (Wildman–Crippen LogP) is 0.927. The van der Waals surface area contributed by atoms with Crippen molar-refractivity contribution in [2.24, 2.45) is 5.41 Å². The van der Waals surface area contributed by atoms with Crippen molar-refractivity contribution in [3.05, 3.63) is 0 Å². The van der Waals surface area contributed by atoms with Crippen LogP contribution in [0.3, 0.4) is 0 Å². The third-order valence-electron chi connectivity index (χ3n) is 3.04. The predicted molar refractivity (Wildman–Crippen MR) is 73.1 cm³/mol. The Kier molecular flexibility index (Phi) is 5.60. The van der Waals surface area contributed by atoms with E-state index in [1.165, 1.54) is 12.8 Å². The van der Waals surface area contributed by atoms with Crippen molar-refractivity contribution >= 4 is 12.0 Å². The van der Waals surface area contributed by atoms with Gasteiger partial charge in [-0.05, 0) is 31.2 Å². The summed E-state index contributed by atoms with van der Waals surface area (Å²) >= 11 is 0. The van der Waals surface area contributed by atoms with E-state index in [0.29, 0.717) is 12.6 Å². The van der Waals surface area contributed by atoms with Crippen LogP contribution in [0.25, 0.3) is 0 Å². The van der Waals surface area contributed by atoms with E-state index in [1.807, 2.05) is 0 Å². The van der Waals surface area contributed by atoms with Crippen molar-refractivity contribution in [2.75, 3.05) is 13.1 Å². The molecular formula is C13H25N3O3. The minimum atomic E-state index is -1.02. The van der Waals surface area contributed by atoms with E-state index < -0.39 is 23.5 Å². The normalized spacial score (nSPS) is 16.8. The second-order valence-electron chi connectivity index (χ2n) is 6.12. The standard InChI is InChI=1S/C13H25N3O3/c1-13(2,3)10(11(17)18)16-12(19)15-8-4-7-14-9-5-6-9/h9-10,14H,4-8H2,1-3H3,(H,17,18)(H2,15,16,19). The molecule has 0 heterocycles. The number of nitrogens with one attached hydrogen (secondary N) is 3. The van der Waals surface area contributed by atoms with Crippen LogP contribution in [0.4, 0.5) is 4.79 Å². The Labute approximate surface area is 114 Å². The van der Waals surface area contributed by atoms with Gasteiger partial charge >= 0.3 is 12.0 Å². The molecule has 1 saturated carbocycles. The molecule has 0 aromatic rings. The van der Waals surface area contributed by atoms with Crippen LogP contribution in [0.1, 0.15) is 40.0 Å². The van der Waals surface area contributed by atoms with Gasteiger partial charge in [0.1, 0.15) is 6.04 Å². The minimum Gasteiger partial charge on any atom is -0.480 e. The highest BCUT2D eigenvalue weighted by molar-refractivity contribution is 5.83. The maximum Gasteiger partial charge on any atom is 0.326 e. The van der Waals surface area contributed by atoms with Gasteiger partial charge in [0.25, 0.3) is 0 Å². The second-order valence-corrected chi connectivity index (χ2v) is 6.12. The molecule has 2 amide bonds. The zero-order valence-corrected chi connectivity index (χ0v) is 12.0. The number of urea groups is 1. The van der Waals surface area contributed by atoms with Gasteiger partial charge in [-0.2, -0.15) is 0 Å². The number of rotatable bonds is 7. The van der Waals surface area contributed by atoms with Gasteiger partial charge in [-0.25, -0.2) is 9.59 Å². The van der Waals surface area contributed by atoms with E-state index in [2.05, 4.69) is 16.0 Å². The summed E-state index contributed by atoms with van der Waals surface area (Å²) in [7, 11) is 0. The lowest BCUT2D eigenvalue weighted by Crippen LogP contribution is -2.52. The molecule has 0 radical (unpaired) electrons. The topological polar surface area (TPSA) is 90.5 Å². The highest BCUT2D eigenvalue weighted by Gasteiger charge is 2.32. The average Bonchev–Trinajstić information content (AvgIpc) is 3.07. The number of carboxylic acids is 1. The first-order chi connectivity index (χ1) is 8.80. The summed E-state index contributed by atoms with van der Waals surface area (Å²) in [5, 5.41) is 17.6. The summed E-state index contributed by atoms with van der Waals surface area (Å²) in [6, 6.07) is -0.642. The van der Waals surface area contributed by atoms with Crippen LogP contribution in [0.2, 0.25) is 0 Å². The van der Waals surface area contributed by atoms with Gasteiger partial charge in [-0.3, -0.25) is 0 Å². The monoisotopic (exact) mass is 271 g/mol. The molecule has 1 aliphatic carbocycles. The fourth-order valence-electron chi connectivity index (χ4n) is 1.71.